The van der Waals surface area contributed by atoms with Gasteiger partial charge in [-0.05, 0) is 30.3 Å². The van der Waals surface area contributed by atoms with Crippen LogP contribution in [0, 0.1) is 0 Å². The SMILES string of the molecule is COc1ccc(Cl)cc1C(=O)NNC(=O)CCN1CCN(c2ccccc2)CC1. The van der Waals surface area contributed by atoms with Gasteiger partial charge in [0.1, 0.15) is 5.75 Å². The number of carbonyl (C=O) groups is 2. The van der Waals surface area contributed by atoms with Gasteiger partial charge in [0.05, 0.1) is 12.7 Å². The zero-order valence-corrected chi connectivity index (χ0v) is 17.1. The van der Waals surface area contributed by atoms with Gasteiger partial charge in [0.2, 0.25) is 5.91 Å². The van der Waals surface area contributed by atoms with Gasteiger partial charge < -0.3 is 9.64 Å². The molecule has 7 nitrogen and oxygen atoms in total. The molecule has 2 N–H and O–H groups in total. The predicted molar refractivity (Wildman–Crippen MR) is 113 cm³/mol. The van der Waals surface area contributed by atoms with E-state index in [0.717, 1.165) is 26.2 Å². The number of benzene rings is 2. The number of hydrogen-bond acceptors (Lipinski definition) is 5. The summed E-state index contributed by atoms with van der Waals surface area (Å²) >= 11 is 5.93. The van der Waals surface area contributed by atoms with Crippen molar-refractivity contribution in [1.29, 1.82) is 0 Å². The highest BCUT2D eigenvalue weighted by Crippen LogP contribution is 2.22. The predicted octanol–water partition coefficient (Wildman–Crippen LogP) is 2.32. The Hall–Kier alpha value is -2.77. The minimum Gasteiger partial charge on any atom is -0.496 e. The molecule has 154 valence electrons. The molecule has 0 unspecified atom stereocenters. The smallest absolute Gasteiger partial charge is 0.273 e. The third kappa shape index (κ3) is 5.85. The Bertz CT molecular complexity index is 839. The summed E-state index contributed by atoms with van der Waals surface area (Å²) < 4.78 is 5.15. The number of anilines is 1. The Labute approximate surface area is 175 Å². The van der Waals surface area contributed by atoms with Crippen LogP contribution < -0.4 is 20.5 Å². The maximum absolute atomic E-state index is 12.3. The van der Waals surface area contributed by atoms with Crippen LogP contribution in [0.1, 0.15) is 16.8 Å². The number of nitrogens with zero attached hydrogens (tertiary/aromatic N) is 2. The van der Waals surface area contributed by atoms with Crippen LogP contribution in [0.4, 0.5) is 5.69 Å². The van der Waals surface area contributed by atoms with Gasteiger partial charge in [0.25, 0.3) is 5.91 Å². The maximum atomic E-state index is 12.3. The number of nitrogens with one attached hydrogen (secondary N) is 2. The topological polar surface area (TPSA) is 73.9 Å². The first-order valence-corrected chi connectivity index (χ1v) is 9.89. The monoisotopic (exact) mass is 416 g/mol. The van der Waals surface area contributed by atoms with Gasteiger partial charge in [-0.1, -0.05) is 29.8 Å². The number of piperazine rings is 1. The standard InChI is InChI=1S/C21H25ClN4O3/c1-29-19-8-7-16(22)15-18(19)21(28)24-23-20(27)9-10-25-11-13-26(14-12-25)17-5-3-2-4-6-17/h2-8,15H,9-14H2,1H3,(H,23,27)(H,24,28). The Kier molecular flexibility index (Phi) is 7.32. The Morgan fingerprint density at radius 1 is 1.03 bits per heavy atom. The van der Waals surface area contributed by atoms with E-state index >= 15 is 0 Å². The number of methoxy groups -OCH3 is 1. The molecule has 3 rings (SSSR count). The number of para-hydroxylation sites is 1. The minimum atomic E-state index is -0.478. The van der Waals surface area contributed by atoms with E-state index in [1.165, 1.54) is 18.9 Å². The molecule has 8 heteroatoms. The van der Waals surface area contributed by atoms with E-state index in [9.17, 15) is 9.59 Å². The molecule has 1 aliphatic heterocycles. The summed E-state index contributed by atoms with van der Waals surface area (Å²) in [6, 6.07) is 15.1. The van der Waals surface area contributed by atoms with E-state index in [0.29, 0.717) is 23.7 Å². The molecule has 1 saturated heterocycles. The van der Waals surface area contributed by atoms with Crippen molar-refractivity contribution in [1.82, 2.24) is 15.8 Å². The first-order valence-electron chi connectivity index (χ1n) is 9.52. The van der Waals surface area contributed by atoms with Crippen LogP contribution in [0.3, 0.4) is 0 Å². The Morgan fingerprint density at radius 3 is 2.45 bits per heavy atom. The van der Waals surface area contributed by atoms with Crippen LogP contribution in [0.15, 0.2) is 48.5 Å². The second-order valence-corrected chi connectivity index (χ2v) is 7.20. The van der Waals surface area contributed by atoms with Gasteiger partial charge in [-0.3, -0.25) is 25.3 Å². The summed E-state index contributed by atoms with van der Waals surface area (Å²) in [7, 11) is 1.47. The van der Waals surface area contributed by atoms with Crippen molar-refractivity contribution < 1.29 is 14.3 Å². The van der Waals surface area contributed by atoms with Crippen molar-refractivity contribution in [3.8, 4) is 5.75 Å². The number of ether oxygens (including phenoxy) is 1. The molecule has 2 amide bonds. The molecule has 0 aromatic heterocycles. The summed E-state index contributed by atoms with van der Waals surface area (Å²) in [6.45, 7) is 4.29. The first-order chi connectivity index (χ1) is 14.1. The van der Waals surface area contributed by atoms with Crippen molar-refractivity contribution in [3.63, 3.8) is 0 Å². The van der Waals surface area contributed by atoms with Crippen LogP contribution in [-0.4, -0.2) is 56.5 Å². The molecule has 0 aliphatic carbocycles. The van der Waals surface area contributed by atoms with Crippen LogP contribution in [0.25, 0.3) is 0 Å². The van der Waals surface area contributed by atoms with Gasteiger partial charge in [0.15, 0.2) is 0 Å². The quantitative estimate of drug-likeness (QED) is 0.707. The molecule has 1 heterocycles. The lowest BCUT2D eigenvalue weighted by atomic mass is 10.2. The largest absolute Gasteiger partial charge is 0.496 e. The molecule has 1 fully saturated rings. The van der Waals surface area contributed by atoms with Crippen molar-refractivity contribution in [2.75, 3.05) is 44.7 Å². The third-order valence-electron chi connectivity index (χ3n) is 4.87. The van der Waals surface area contributed by atoms with Gasteiger partial charge in [-0.2, -0.15) is 0 Å². The molecule has 2 aromatic carbocycles. The zero-order chi connectivity index (χ0) is 20.6. The first kappa shape index (κ1) is 21.0. The van der Waals surface area contributed by atoms with Gasteiger partial charge in [-0.15, -0.1) is 0 Å². The lowest BCUT2D eigenvalue weighted by Crippen LogP contribution is -2.48. The van der Waals surface area contributed by atoms with Gasteiger partial charge in [-0.25, -0.2) is 0 Å². The number of hydrogen-bond donors (Lipinski definition) is 2. The Balaban J connectivity index is 1.40. The molecular weight excluding hydrogens is 392 g/mol. The molecule has 1 aliphatic rings. The van der Waals surface area contributed by atoms with Crippen LogP contribution >= 0.6 is 11.6 Å². The van der Waals surface area contributed by atoms with E-state index < -0.39 is 5.91 Å². The average molecular weight is 417 g/mol. The fourth-order valence-corrected chi connectivity index (χ4v) is 3.41. The van der Waals surface area contributed by atoms with Crippen LogP contribution in [0.2, 0.25) is 5.02 Å². The van der Waals surface area contributed by atoms with Crippen molar-refractivity contribution in [2.45, 2.75) is 6.42 Å². The zero-order valence-electron chi connectivity index (χ0n) is 16.4. The second kappa shape index (κ2) is 10.1. The molecule has 0 bridgehead atoms. The van der Waals surface area contributed by atoms with E-state index in [-0.39, 0.29) is 11.5 Å². The number of carbonyl (C=O) groups excluding carboxylic acids is 2. The normalized spacial score (nSPS) is 14.3. The van der Waals surface area contributed by atoms with Gasteiger partial charge >= 0.3 is 0 Å². The fraction of sp³-hybridized carbons (Fsp3) is 0.333. The van der Waals surface area contributed by atoms with E-state index in [1.54, 1.807) is 12.1 Å². The summed E-state index contributed by atoms with van der Waals surface area (Å²) in [5.41, 5.74) is 6.35. The van der Waals surface area contributed by atoms with E-state index in [4.69, 9.17) is 16.3 Å². The van der Waals surface area contributed by atoms with E-state index in [1.807, 2.05) is 18.2 Å². The van der Waals surface area contributed by atoms with Crippen LogP contribution in [-0.2, 0) is 4.79 Å². The number of hydrazine groups is 1. The lowest BCUT2D eigenvalue weighted by molar-refractivity contribution is -0.122. The van der Waals surface area contributed by atoms with Crippen molar-refractivity contribution >= 4 is 29.1 Å². The number of rotatable bonds is 6. The molecule has 0 spiro atoms. The maximum Gasteiger partial charge on any atom is 0.273 e. The number of amides is 2. The lowest BCUT2D eigenvalue weighted by Gasteiger charge is -2.36. The second-order valence-electron chi connectivity index (χ2n) is 6.76. The highest BCUT2D eigenvalue weighted by molar-refractivity contribution is 6.31. The highest BCUT2D eigenvalue weighted by Gasteiger charge is 2.18. The highest BCUT2D eigenvalue weighted by atomic mass is 35.5. The molecule has 0 atom stereocenters. The number of halogens is 1. The molecule has 0 saturated carbocycles. The fourth-order valence-electron chi connectivity index (χ4n) is 3.24. The van der Waals surface area contributed by atoms with Crippen molar-refractivity contribution in [2.24, 2.45) is 0 Å². The van der Waals surface area contributed by atoms with Crippen molar-refractivity contribution in [3.05, 3.63) is 59.1 Å². The average Bonchev–Trinajstić information content (AvgIpc) is 2.77. The van der Waals surface area contributed by atoms with Crippen LogP contribution in [0.5, 0.6) is 5.75 Å². The summed E-state index contributed by atoms with van der Waals surface area (Å²) in [5.74, 6) is -0.337. The molecule has 2 aromatic rings. The minimum absolute atomic E-state index is 0.246. The molecule has 0 radical (unpaired) electrons. The van der Waals surface area contributed by atoms with E-state index in [2.05, 4.69) is 32.8 Å². The molecular formula is C21H25ClN4O3. The summed E-state index contributed by atoms with van der Waals surface area (Å²) in [4.78, 5) is 29.0. The summed E-state index contributed by atoms with van der Waals surface area (Å²) in [6.07, 6.45) is 0.304. The third-order valence-corrected chi connectivity index (χ3v) is 5.11. The molecule has 29 heavy (non-hydrogen) atoms. The van der Waals surface area contributed by atoms with Gasteiger partial charge in [0, 0.05) is 49.9 Å². The Morgan fingerprint density at radius 2 is 1.76 bits per heavy atom. The summed E-state index contributed by atoms with van der Waals surface area (Å²) in [5, 5.41) is 0.414.